The molecule has 0 fully saturated rings. The molecule has 3 rings (SSSR count). The number of fused-ring (bicyclic) bond motifs is 1. The van der Waals surface area contributed by atoms with Crippen molar-refractivity contribution >= 4 is 39.1 Å². The molecular formula is C17H15ClN2O3S. The second-order valence-electron chi connectivity index (χ2n) is 5.47. The van der Waals surface area contributed by atoms with Crippen molar-refractivity contribution < 1.29 is 9.53 Å². The number of esters is 1. The van der Waals surface area contributed by atoms with Gasteiger partial charge in [-0.2, -0.15) is 0 Å². The normalized spacial score (nSPS) is 12.3. The Morgan fingerprint density at radius 2 is 2.08 bits per heavy atom. The Hall–Kier alpha value is -2.18. The van der Waals surface area contributed by atoms with E-state index in [4.69, 9.17) is 16.3 Å². The number of hydrogen-bond donors (Lipinski definition) is 0. The van der Waals surface area contributed by atoms with E-state index in [0.29, 0.717) is 25.7 Å². The summed E-state index contributed by atoms with van der Waals surface area (Å²) in [5.41, 5.74) is 1.16. The molecule has 0 amide bonds. The third-order valence-corrected chi connectivity index (χ3v) is 5.35. The van der Waals surface area contributed by atoms with Gasteiger partial charge in [-0.3, -0.25) is 4.79 Å². The van der Waals surface area contributed by atoms with Crippen molar-refractivity contribution in [1.29, 1.82) is 0 Å². The minimum Gasteiger partial charge on any atom is -0.454 e. The number of carbonyl (C=O) groups excluding carboxylic acids is 1. The summed E-state index contributed by atoms with van der Waals surface area (Å²) in [7, 11) is 1.63. The number of aromatic nitrogens is 2. The van der Waals surface area contributed by atoms with Crippen molar-refractivity contribution in [2.45, 2.75) is 20.0 Å². The molecule has 7 heteroatoms. The predicted molar refractivity (Wildman–Crippen MR) is 94.9 cm³/mol. The van der Waals surface area contributed by atoms with Gasteiger partial charge in [0, 0.05) is 17.6 Å². The Morgan fingerprint density at radius 1 is 1.38 bits per heavy atom. The summed E-state index contributed by atoms with van der Waals surface area (Å²) in [6, 6.07) is 7.22. The van der Waals surface area contributed by atoms with E-state index in [0.717, 1.165) is 16.9 Å². The van der Waals surface area contributed by atoms with E-state index in [-0.39, 0.29) is 5.56 Å². The highest BCUT2D eigenvalue weighted by Crippen LogP contribution is 2.30. The molecule has 0 aliphatic rings. The highest BCUT2D eigenvalue weighted by atomic mass is 35.5. The summed E-state index contributed by atoms with van der Waals surface area (Å²) in [6.45, 7) is 3.50. The Balaban J connectivity index is 1.95. The number of benzene rings is 1. The molecule has 0 bridgehead atoms. The summed E-state index contributed by atoms with van der Waals surface area (Å²) >= 11 is 7.30. The van der Waals surface area contributed by atoms with Gasteiger partial charge in [-0.1, -0.05) is 29.8 Å². The Labute approximate surface area is 147 Å². The standard InChI is InChI=1S/C17H15ClN2O3S/c1-9-13-15(19-8-20(3)16(13)21)24-14(9)17(22)23-10(2)11-6-4-5-7-12(11)18/h4-8,10H,1-3H3/t10-/m0/s1. The van der Waals surface area contributed by atoms with E-state index in [1.807, 2.05) is 18.2 Å². The zero-order valence-corrected chi connectivity index (χ0v) is 14.9. The van der Waals surface area contributed by atoms with Crippen molar-refractivity contribution in [3.63, 3.8) is 0 Å². The van der Waals surface area contributed by atoms with Crippen LogP contribution in [0.1, 0.15) is 33.8 Å². The van der Waals surface area contributed by atoms with Gasteiger partial charge in [0.15, 0.2) is 0 Å². The fourth-order valence-corrected chi connectivity index (χ4v) is 3.80. The number of nitrogens with zero attached hydrogens (tertiary/aromatic N) is 2. The predicted octanol–water partition coefficient (Wildman–Crippen LogP) is 3.87. The van der Waals surface area contributed by atoms with Crippen LogP contribution in [-0.2, 0) is 11.8 Å². The van der Waals surface area contributed by atoms with Gasteiger partial charge in [0.2, 0.25) is 0 Å². The molecule has 0 spiro atoms. The molecule has 3 aromatic rings. The summed E-state index contributed by atoms with van der Waals surface area (Å²) in [4.78, 5) is 29.9. The van der Waals surface area contributed by atoms with E-state index >= 15 is 0 Å². The lowest BCUT2D eigenvalue weighted by Gasteiger charge is -2.14. The first-order valence-electron chi connectivity index (χ1n) is 7.30. The van der Waals surface area contributed by atoms with E-state index in [1.165, 1.54) is 10.9 Å². The van der Waals surface area contributed by atoms with Crippen LogP contribution in [0.25, 0.3) is 10.2 Å². The van der Waals surface area contributed by atoms with Crippen molar-refractivity contribution in [3.8, 4) is 0 Å². The number of rotatable bonds is 3. The molecule has 0 radical (unpaired) electrons. The molecule has 5 nitrogen and oxygen atoms in total. The average molecular weight is 363 g/mol. The number of thiophene rings is 1. The molecule has 2 aromatic heterocycles. The highest BCUT2D eigenvalue weighted by molar-refractivity contribution is 7.20. The minimum absolute atomic E-state index is 0.174. The fourth-order valence-electron chi connectivity index (χ4n) is 2.49. The molecule has 0 aliphatic carbocycles. The third kappa shape index (κ3) is 2.83. The lowest BCUT2D eigenvalue weighted by molar-refractivity contribution is 0.0343. The molecule has 0 aliphatic heterocycles. The van der Waals surface area contributed by atoms with Crippen LogP contribution in [0.3, 0.4) is 0 Å². The Bertz CT molecular complexity index is 993. The molecule has 0 N–H and O–H groups in total. The summed E-state index contributed by atoms with van der Waals surface area (Å²) in [5, 5.41) is 1.00. The molecule has 0 saturated heterocycles. The van der Waals surface area contributed by atoms with E-state index < -0.39 is 12.1 Å². The lowest BCUT2D eigenvalue weighted by Crippen LogP contribution is -2.17. The van der Waals surface area contributed by atoms with Gasteiger partial charge in [-0.25, -0.2) is 9.78 Å². The van der Waals surface area contributed by atoms with Crippen molar-refractivity contribution in [2.24, 2.45) is 7.05 Å². The number of hydrogen-bond acceptors (Lipinski definition) is 5. The van der Waals surface area contributed by atoms with Crippen molar-refractivity contribution in [1.82, 2.24) is 9.55 Å². The van der Waals surface area contributed by atoms with Gasteiger partial charge < -0.3 is 9.30 Å². The second-order valence-corrected chi connectivity index (χ2v) is 6.87. The zero-order valence-electron chi connectivity index (χ0n) is 13.4. The Kier molecular flexibility index (Phi) is 4.43. The molecule has 0 saturated carbocycles. The van der Waals surface area contributed by atoms with Gasteiger partial charge in [-0.05, 0) is 25.5 Å². The van der Waals surface area contributed by atoms with E-state index in [1.54, 1.807) is 27.0 Å². The fraction of sp³-hybridized carbons (Fsp3) is 0.235. The van der Waals surface area contributed by atoms with Gasteiger partial charge in [0.25, 0.3) is 5.56 Å². The average Bonchev–Trinajstić information content (AvgIpc) is 2.89. The van der Waals surface area contributed by atoms with Crippen LogP contribution in [0.2, 0.25) is 5.02 Å². The maximum atomic E-state index is 12.5. The van der Waals surface area contributed by atoms with E-state index in [9.17, 15) is 9.59 Å². The second kappa shape index (κ2) is 6.37. The van der Waals surface area contributed by atoms with Crippen LogP contribution >= 0.6 is 22.9 Å². The van der Waals surface area contributed by atoms with Gasteiger partial charge in [-0.15, -0.1) is 11.3 Å². The van der Waals surface area contributed by atoms with Gasteiger partial charge >= 0.3 is 5.97 Å². The van der Waals surface area contributed by atoms with Gasteiger partial charge in [0.05, 0.1) is 11.7 Å². The van der Waals surface area contributed by atoms with Crippen LogP contribution in [0.5, 0.6) is 0 Å². The molecule has 2 heterocycles. The van der Waals surface area contributed by atoms with Gasteiger partial charge in [0.1, 0.15) is 15.8 Å². The maximum Gasteiger partial charge on any atom is 0.349 e. The SMILES string of the molecule is Cc1c(C(=O)O[C@@H](C)c2ccccc2Cl)sc2ncn(C)c(=O)c12. The third-order valence-electron chi connectivity index (χ3n) is 3.82. The number of aryl methyl sites for hydroxylation is 2. The lowest BCUT2D eigenvalue weighted by atomic mass is 10.1. The largest absolute Gasteiger partial charge is 0.454 e. The molecular weight excluding hydrogens is 348 g/mol. The molecule has 24 heavy (non-hydrogen) atoms. The maximum absolute atomic E-state index is 12.5. The first-order chi connectivity index (χ1) is 11.4. The minimum atomic E-state index is -0.494. The summed E-state index contributed by atoms with van der Waals surface area (Å²) in [5.74, 6) is -0.482. The molecule has 124 valence electrons. The van der Waals surface area contributed by atoms with Crippen LogP contribution in [0.4, 0.5) is 0 Å². The highest BCUT2D eigenvalue weighted by Gasteiger charge is 2.22. The smallest absolute Gasteiger partial charge is 0.349 e. The molecule has 0 unspecified atom stereocenters. The summed E-state index contributed by atoms with van der Waals surface area (Å²) in [6.07, 6.45) is 0.953. The quantitative estimate of drug-likeness (QED) is 0.663. The van der Waals surface area contributed by atoms with E-state index in [2.05, 4.69) is 4.98 Å². The van der Waals surface area contributed by atoms with Crippen LogP contribution in [0, 0.1) is 6.92 Å². The van der Waals surface area contributed by atoms with Crippen LogP contribution in [0.15, 0.2) is 35.4 Å². The molecule has 1 aromatic carbocycles. The first-order valence-corrected chi connectivity index (χ1v) is 8.49. The number of ether oxygens (including phenoxy) is 1. The Morgan fingerprint density at radius 3 is 2.79 bits per heavy atom. The first kappa shape index (κ1) is 16.7. The van der Waals surface area contributed by atoms with Crippen LogP contribution < -0.4 is 5.56 Å². The monoisotopic (exact) mass is 362 g/mol. The van der Waals surface area contributed by atoms with Crippen molar-refractivity contribution in [3.05, 3.63) is 62.0 Å². The topological polar surface area (TPSA) is 61.2 Å². The van der Waals surface area contributed by atoms with Crippen LogP contribution in [-0.4, -0.2) is 15.5 Å². The van der Waals surface area contributed by atoms with Crippen molar-refractivity contribution in [2.75, 3.05) is 0 Å². The molecule has 1 atom stereocenters. The number of carbonyl (C=O) groups is 1. The summed E-state index contributed by atoms with van der Waals surface area (Å²) < 4.78 is 6.93. The zero-order chi connectivity index (χ0) is 17.4. The number of halogens is 1.